The van der Waals surface area contributed by atoms with Crippen LogP contribution in [-0.4, -0.2) is 36.9 Å². The Kier molecular flexibility index (Phi) is 7.70. The quantitative estimate of drug-likeness (QED) is 0.281. The number of hydrogen-bond donors (Lipinski definition) is 1. The van der Waals surface area contributed by atoms with Crippen molar-refractivity contribution in [3.05, 3.63) is 77.1 Å². The van der Waals surface area contributed by atoms with E-state index in [1.165, 1.54) is 23.5 Å². The molecule has 0 amide bonds. The van der Waals surface area contributed by atoms with Crippen molar-refractivity contribution >= 4 is 17.3 Å². The first-order valence-corrected chi connectivity index (χ1v) is 11.8. The Morgan fingerprint density at radius 3 is 2.33 bits per heavy atom. The van der Waals surface area contributed by atoms with Crippen LogP contribution in [0.25, 0.3) is 21.7 Å². The van der Waals surface area contributed by atoms with Crippen LogP contribution in [0.5, 0.6) is 23.0 Å². The molecule has 0 aliphatic rings. The highest BCUT2D eigenvalue weighted by Crippen LogP contribution is 2.42. The molecule has 0 spiro atoms. The van der Waals surface area contributed by atoms with Gasteiger partial charge in [0.2, 0.25) is 0 Å². The smallest absolute Gasteiger partial charge is 0.341 e. The number of aliphatic carboxylic acids is 1. The zero-order valence-electron chi connectivity index (χ0n) is 19.9. The Hall–Kier alpha value is -4.11. The molecular formula is C27H24FNO6S. The topological polar surface area (TPSA) is 87.1 Å². The monoisotopic (exact) mass is 509 g/mol. The highest BCUT2D eigenvalue weighted by molar-refractivity contribution is 7.15. The van der Waals surface area contributed by atoms with Crippen molar-refractivity contribution in [3.63, 3.8) is 0 Å². The number of methoxy groups -OCH3 is 2. The molecule has 0 atom stereocenters. The molecule has 0 saturated heterocycles. The van der Waals surface area contributed by atoms with Crippen molar-refractivity contribution in [1.29, 1.82) is 0 Å². The maximum absolute atomic E-state index is 14.2. The van der Waals surface area contributed by atoms with Crippen LogP contribution in [0.4, 0.5) is 4.39 Å². The fourth-order valence-corrected chi connectivity index (χ4v) is 4.59. The first-order chi connectivity index (χ1) is 17.4. The Bertz CT molecular complexity index is 1370. The third kappa shape index (κ3) is 5.75. The number of aryl methyl sites for hydroxylation is 1. The molecule has 0 saturated carbocycles. The van der Waals surface area contributed by atoms with E-state index >= 15 is 0 Å². The average molecular weight is 510 g/mol. The SMILES string of the molecule is COc1ccc(-c2nc(COc3ccc(OCC(=O)O)c(C)c3)sc2-c2cc(F)ccc2OC)cc1. The normalized spacial score (nSPS) is 10.7. The second kappa shape index (κ2) is 11.1. The van der Waals surface area contributed by atoms with Crippen LogP contribution in [-0.2, 0) is 11.4 Å². The van der Waals surface area contributed by atoms with Gasteiger partial charge in [0.25, 0.3) is 0 Å². The molecule has 0 aliphatic heterocycles. The van der Waals surface area contributed by atoms with Crippen LogP contribution >= 0.6 is 11.3 Å². The number of carbonyl (C=O) groups is 1. The summed E-state index contributed by atoms with van der Waals surface area (Å²) in [6.07, 6.45) is 0. The number of rotatable bonds is 10. The largest absolute Gasteiger partial charge is 0.497 e. The van der Waals surface area contributed by atoms with Gasteiger partial charge in [-0.1, -0.05) is 0 Å². The van der Waals surface area contributed by atoms with Gasteiger partial charge in [0.05, 0.1) is 24.8 Å². The summed E-state index contributed by atoms with van der Waals surface area (Å²) >= 11 is 1.39. The number of nitrogens with zero attached hydrogens (tertiary/aromatic N) is 1. The Morgan fingerprint density at radius 1 is 0.944 bits per heavy atom. The number of hydrogen-bond acceptors (Lipinski definition) is 7. The van der Waals surface area contributed by atoms with E-state index < -0.39 is 12.6 Å². The Labute approximate surface area is 211 Å². The number of ether oxygens (including phenoxy) is 4. The third-order valence-corrected chi connectivity index (χ3v) is 6.36. The molecule has 36 heavy (non-hydrogen) atoms. The van der Waals surface area contributed by atoms with Gasteiger partial charge in [-0.05, 0) is 73.2 Å². The summed E-state index contributed by atoms with van der Waals surface area (Å²) in [7, 11) is 3.14. The molecule has 186 valence electrons. The van der Waals surface area contributed by atoms with Crippen molar-refractivity contribution in [3.8, 4) is 44.7 Å². The van der Waals surface area contributed by atoms with Gasteiger partial charge >= 0.3 is 5.97 Å². The number of carboxylic acid groups (broad SMARTS) is 1. The minimum Gasteiger partial charge on any atom is -0.497 e. The molecular weight excluding hydrogens is 485 g/mol. The van der Waals surface area contributed by atoms with Crippen molar-refractivity contribution in [2.45, 2.75) is 13.5 Å². The summed E-state index contributed by atoms with van der Waals surface area (Å²) in [6, 6.07) is 17.0. The average Bonchev–Trinajstić information content (AvgIpc) is 3.31. The predicted molar refractivity (Wildman–Crippen MR) is 135 cm³/mol. The van der Waals surface area contributed by atoms with Crippen molar-refractivity contribution in [2.24, 2.45) is 0 Å². The van der Waals surface area contributed by atoms with Crippen LogP contribution < -0.4 is 18.9 Å². The van der Waals surface area contributed by atoms with Gasteiger partial charge in [-0.3, -0.25) is 0 Å². The van der Waals surface area contributed by atoms with Gasteiger partial charge in [0, 0.05) is 11.1 Å². The zero-order valence-corrected chi connectivity index (χ0v) is 20.7. The summed E-state index contributed by atoms with van der Waals surface area (Å²) in [6.45, 7) is 1.57. The zero-order chi connectivity index (χ0) is 25.7. The molecule has 1 aromatic heterocycles. The maximum atomic E-state index is 14.2. The molecule has 3 aromatic carbocycles. The Balaban J connectivity index is 1.64. The van der Waals surface area contributed by atoms with Crippen LogP contribution in [0.2, 0.25) is 0 Å². The van der Waals surface area contributed by atoms with Gasteiger partial charge in [0.1, 0.15) is 40.4 Å². The Morgan fingerprint density at radius 2 is 1.67 bits per heavy atom. The van der Waals surface area contributed by atoms with Crippen LogP contribution in [0.15, 0.2) is 60.7 Å². The maximum Gasteiger partial charge on any atom is 0.341 e. The van der Waals surface area contributed by atoms with Crippen molar-refractivity contribution in [2.75, 3.05) is 20.8 Å². The van der Waals surface area contributed by atoms with Gasteiger partial charge in [-0.15, -0.1) is 11.3 Å². The van der Waals surface area contributed by atoms with Crippen LogP contribution in [0.1, 0.15) is 10.6 Å². The van der Waals surface area contributed by atoms with E-state index in [4.69, 9.17) is 29.0 Å². The van der Waals surface area contributed by atoms with E-state index in [9.17, 15) is 9.18 Å². The van der Waals surface area contributed by atoms with Crippen LogP contribution in [0, 0.1) is 12.7 Å². The number of halogens is 1. The van der Waals surface area contributed by atoms with E-state index in [2.05, 4.69) is 0 Å². The van der Waals surface area contributed by atoms with E-state index in [1.54, 1.807) is 38.5 Å². The van der Waals surface area contributed by atoms with E-state index in [-0.39, 0.29) is 12.4 Å². The molecule has 9 heteroatoms. The third-order valence-electron chi connectivity index (χ3n) is 5.30. The lowest BCUT2D eigenvalue weighted by Crippen LogP contribution is -2.10. The highest BCUT2D eigenvalue weighted by Gasteiger charge is 2.19. The molecule has 0 aliphatic carbocycles. The van der Waals surface area contributed by atoms with E-state index in [1.807, 2.05) is 31.2 Å². The molecule has 0 fully saturated rings. The second-order valence-electron chi connectivity index (χ2n) is 7.76. The standard InChI is InChI=1S/C27H24FNO6S/c1-16-12-20(9-11-22(16)35-15-25(30)31)34-14-24-29-26(17-4-7-19(32-2)8-5-17)27(36-24)21-13-18(28)6-10-23(21)33-3/h4-13H,14-15H2,1-3H3,(H,30,31). The summed E-state index contributed by atoms with van der Waals surface area (Å²) in [5.41, 5.74) is 2.87. The molecule has 0 radical (unpaired) electrons. The van der Waals surface area contributed by atoms with E-state index in [0.29, 0.717) is 39.3 Å². The first kappa shape index (κ1) is 25.0. The molecule has 1 N–H and O–H groups in total. The molecule has 1 heterocycles. The fourth-order valence-electron chi connectivity index (χ4n) is 3.57. The lowest BCUT2D eigenvalue weighted by atomic mass is 10.1. The highest BCUT2D eigenvalue weighted by atomic mass is 32.1. The first-order valence-electron chi connectivity index (χ1n) is 10.9. The van der Waals surface area contributed by atoms with Crippen molar-refractivity contribution in [1.82, 2.24) is 4.98 Å². The lowest BCUT2D eigenvalue weighted by molar-refractivity contribution is -0.139. The minimum absolute atomic E-state index is 0.181. The molecule has 4 rings (SSSR count). The van der Waals surface area contributed by atoms with Gasteiger partial charge in [-0.25, -0.2) is 14.2 Å². The number of carboxylic acids is 1. The van der Waals surface area contributed by atoms with Gasteiger partial charge < -0.3 is 24.1 Å². The van der Waals surface area contributed by atoms with Gasteiger partial charge in [-0.2, -0.15) is 0 Å². The lowest BCUT2D eigenvalue weighted by Gasteiger charge is -2.09. The van der Waals surface area contributed by atoms with Crippen molar-refractivity contribution < 1.29 is 33.2 Å². The summed E-state index contributed by atoms with van der Waals surface area (Å²) in [5, 5.41) is 9.49. The second-order valence-corrected chi connectivity index (χ2v) is 8.84. The number of benzene rings is 3. The minimum atomic E-state index is -1.04. The summed E-state index contributed by atoms with van der Waals surface area (Å²) < 4.78 is 36.2. The molecule has 0 bridgehead atoms. The van der Waals surface area contributed by atoms with Crippen LogP contribution in [0.3, 0.4) is 0 Å². The molecule has 4 aromatic rings. The predicted octanol–water partition coefficient (Wildman–Crippen LogP) is 5.98. The van der Waals surface area contributed by atoms with Gasteiger partial charge in [0.15, 0.2) is 6.61 Å². The molecule has 0 unspecified atom stereocenters. The molecule has 7 nitrogen and oxygen atoms in total. The number of thiazole rings is 1. The van der Waals surface area contributed by atoms with E-state index in [0.717, 1.165) is 16.0 Å². The summed E-state index contributed by atoms with van der Waals surface area (Å²) in [5.74, 6) is 0.890. The number of aromatic nitrogens is 1. The fraction of sp³-hybridized carbons (Fsp3) is 0.185. The summed E-state index contributed by atoms with van der Waals surface area (Å²) in [4.78, 5) is 16.3.